The molecule has 0 spiro atoms. The van der Waals surface area contributed by atoms with E-state index in [1.807, 2.05) is 0 Å². The van der Waals surface area contributed by atoms with Gasteiger partial charge in [0, 0.05) is 10.9 Å². The third kappa shape index (κ3) is 3.08. The minimum atomic E-state index is -1.24. The van der Waals surface area contributed by atoms with Gasteiger partial charge in [0.05, 0.1) is 11.6 Å². The van der Waals surface area contributed by atoms with E-state index >= 15 is 0 Å². The van der Waals surface area contributed by atoms with Gasteiger partial charge in [-0.15, -0.1) is 0 Å². The molecule has 0 radical (unpaired) electrons. The summed E-state index contributed by atoms with van der Waals surface area (Å²) in [5.74, 6) is -1.03. The molecular weight excluding hydrogens is 353 g/mol. The zero-order valence-corrected chi connectivity index (χ0v) is 13.8. The number of carboxylic acid groups (broad SMARTS) is 1. The summed E-state index contributed by atoms with van der Waals surface area (Å²) in [6.45, 7) is -0.134. The van der Waals surface area contributed by atoms with Gasteiger partial charge in [-0.1, -0.05) is 18.2 Å². The lowest BCUT2D eigenvalue weighted by Gasteiger charge is -2.07. The Labute approximate surface area is 151 Å². The van der Waals surface area contributed by atoms with Crippen molar-refractivity contribution in [1.29, 1.82) is 0 Å². The molecule has 0 aliphatic heterocycles. The number of carboxylic acids is 1. The fourth-order valence-corrected chi connectivity index (χ4v) is 2.76. The molecule has 4 rings (SSSR count). The number of benzene rings is 2. The molecule has 0 aliphatic carbocycles. The number of halogens is 1. The molecule has 0 amide bonds. The van der Waals surface area contributed by atoms with Crippen molar-refractivity contribution in [3.63, 3.8) is 0 Å². The standard InChI is InChI=1S/C19H12FN3O4/c20-12-7-5-11(6-8-12)15-9-21-16(27-15)10-23-18(24)14-4-2-1-3-13(14)17(22-23)19(25)26/h1-9H,10H2,(H,25,26). The summed E-state index contributed by atoms with van der Waals surface area (Å²) in [6, 6.07) is 12.1. The molecule has 2 heterocycles. The Morgan fingerprint density at radius 1 is 1.11 bits per heavy atom. The fourth-order valence-electron chi connectivity index (χ4n) is 2.76. The Hall–Kier alpha value is -3.81. The number of nitrogens with zero attached hydrogens (tertiary/aromatic N) is 3. The Bertz CT molecular complexity index is 1210. The lowest BCUT2D eigenvalue weighted by Crippen LogP contribution is -2.26. The highest BCUT2D eigenvalue weighted by molar-refractivity contribution is 6.01. The summed E-state index contributed by atoms with van der Waals surface area (Å²) >= 11 is 0. The van der Waals surface area contributed by atoms with Crippen molar-refractivity contribution in [2.45, 2.75) is 6.54 Å². The van der Waals surface area contributed by atoms with Crippen molar-refractivity contribution in [2.24, 2.45) is 0 Å². The first kappa shape index (κ1) is 16.6. The topological polar surface area (TPSA) is 98.2 Å². The van der Waals surface area contributed by atoms with E-state index < -0.39 is 11.5 Å². The van der Waals surface area contributed by atoms with Gasteiger partial charge in [-0.25, -0.2) is 18.9 Å². The van der Waals surface area contributed by atoms with Crippen LogP contribution in [0.15, 0.2) is 63.9 Å². The van der Waals surface area contributed by atoms with Gasteiger partial charge in [0.1, 0.15) is 12.4 Å². The maximum absolute atomic E-state index is 13.0. The number of fused-ring (bicyclic) bond motifs is 1. The monoisotopic (exact) mass is 365 g/mol. The van der Waals surface area contributed by atoms with Crippen LogP contribution in [0.25, 0.3) is 22.1 Å². The largest absolute Gasteiger partial charge is 0.476 e. The van der Waals surface area contributed by atoms with Crippen LogP contribution in [-0.4, -0.2) is 25.8 Å². The number of carbonyl (C=O) groups is 1. The molecule has 4 aromatic rings. The number of aromatic nitrogens is 3. The minimum absolute atomic E-state index is 0.134. The first-order valence-electron chi connectivity index (χ1n) is 7.97. The van der Waals surface area contributed by atoms with E-state index in [1.54, 1.807) is 30.3 Å². The second-order valence-corrected chi connectivity index (χ2v) is 5.79. The van der Waals surface area contributed by atoms with Crippen LogP contribution in [0.1, 0.15) is 16.4 Å². The van der Waals surface area contributed by atoms with Crippen LogP contribution in [0.2, 0.25) is 0 Å². The second-order valence-electron chi connectivity index (χ2n) is 5.79. The smallest absolute Gasteiger partial charge is 0.357 e. The molecule has 0 unspecified atom stereocenters. The summed E-state index contributed by atoms with van der Waals surface area (Å²) < 4.78 is 19.6. The van der Waals surface area contributed by atoms with Crippen molar-refractivity contribution in [1.82, 2.24) is 14.8 Å². The van der Waals surface area contributed by atoms with Crippen LogP contribution in [0.4, 0.5) is 4.39 Å². The average molecular weight is 365 g/mol. The molecule has 0 saturated carbocycles. The molecule has 2 aromatic heterocycles. The maximum Gasteiger partial charge on any atom is 0.357 e. The molecule has 1 N–H and O–H groups in total. The Balaban J connectivity index is 1.74. The molecule has 0 saturated heterocycles. The SMILES string of the molecule is O=C(O)c1nn(Cc2ncc(-c3ccc(F)cc3)o2)c(=O)c2ccccc12. The highest BCUT2D eigenvalue weighted by atomic mass is 19.1. The Morgan fingerprint density at radius 3 is 2.52 bits per heavy atom. The molecular formula is C19H12FN3O4. The van der Waals surface area contributed by atoms with Crippen LogP contribution in [0.3, 0.4) is 0 Å². The van der Waals surface area contributed by atoms with Crippen molar-refractivity contribution < 1.29 is 18.7 Å². The number of hydrogen-bond acceptors (Lipinski definition) is 5. The van der Waals surface area contributed by atoms with Crippen LogP contribution in [-0.2, 0) is 6.54 Å². The molecule has 2 aromatic carbocycles. The van der Waals surface area contributed by atoms with Crippen LogP contribution in [0.5, 0.6) is 0 Å². The van der Waals surface area contributed by atoms with Gasteiger partial charge in [0.25, 0.3) is 5.56 Å². The predicted molar refractivity (Wildman–Crippen MR) is 94.0 cm³/mol. The molecule has 0 bridgehead atoms. The zero-order chi connectivity index (χ0) is 19.0. The Morgan fingerprint density at radius 2 is 1.81 bits per heavy atom. The maximum atomic E-state index is 13.0. The number of hydrogen-bond donors (Lipinski definition) is 1. The molecule has 0 fully saturated rings. The van der Waals surface area contributed by atoms with E-state index in [2.05, 4.69) is 10.1 Å². The summed E-state index contributed by atoms with van der Waals surface area (Å²) in [7, 11) is 0. The molecule has 0 atom stereocenters. The van der Waals surface area contributed by atoms with Crippen LogP contribution >= 0.6 is 0 Å². The molecule has 8 heteroatoms. The van der Waals surface area contributed by atoms with Crippen molar-refractivity contribution in [3.8, 4) is 11.3 Å². The van der Waals surface area contributed by atoms with E-state index in [0.717, 1.165) is 4.68 Å². The van der Waals surface area contributed by atoms with Gasteiger partial charge >= 0.3 is 5.97 Å². The van der Waals surface area contributed by atoms with Gasteiger partial charge in [0.2, 0.25) is 5.89 Å². The lowest BCUT2D eigenvalue weighted by molar-refractivity contribution is 0.0690. The summed E-state index contributed by atoms with van der Waals surface area (Å²) in [4.78, 5) is 28.2. The van der Waals surface area contributed by atoms with Crippen molar-refractivity contribution in [3.05, 3.63) is 82.5 Å². The minimum Gasteiger partial charge on any atom is -0.476 e. The predicted octanol–water partition coefficient (Wildman–Crippen LogP) is 2.94. The molecule has 134 valence electrons. The van der Waals surface area contributed by atoms with Crippen LogP contribution in [0, 0.1) is 5.82 Å². The molecule has 7 nitrogen and oxygen atoms in total. The van der Waals surface area contributed by atoms with E-state index in [0.29, 0.717) is 11.3 Å². The van der Waals surface area contributed by atoms with Gasteiger partial charge in [0.15, 0.2) is 11.5 Å². The van der Waals surface area contributed by atoms with Gasteiger partial charge in [-0.3, -0.25) is 4.79 Å². The van der Waals surface area contributed by atoms with E-state index in [4.69, 9.17) is 4.42 Å². The van der Waals surface area contributed by atoms with Gasteiger partial charge < -0.3 is 9.52 Å². The Kier molecular flexibility index (Phi) is 4.00. The lowest BCUT2D eigenvalue weighted by atomic mass is 10.1. The van der Waals surface area contributed by atoms with E-state index in [-0.39, 0.29) is 34.7 Å². The van der Waals surface area contributed by atoms with Crippen LogP contribution < -0.4 is 5.56 Å². The second kappa shape index (κ2) is 6.49. The van der Waals surface area contributed by atoms with Gasteiger partial charge in [-0.05, 0) is 30.3 Å². The summed E-state index contributed by atoms with van der Waals surface area (Å²) in [6.07, 6.45) is 1.45. The fraction of sp³-hybridized carbons (Fsp3) is 0.0526. The number of aromatic carboxylic acids is 1. The van der Waals surface area contributed by atoms with Crippen molar-refractivity contribution >= 4 is 16.7 Å². The summed E-state index contributed by atoms with van der Waals surface area (Å²) in [5.41, 5.74) is -0.0483. The third-order valence-electron chi connectivity index (χ3n) is 4.04. The molecule has 0 aliphatic rings. The van der Waals surface area contributed by atoms with Crippen molar-refractivity contribution in [2.75, 3.05) is 0 Å². The number of rotatable bonds is 4. The first-order chi connectivity index (χ1) is 13.0. The quantitative estimate of drug-likeness (QED) is 0.597. The first-order valence-corrected chi connectivity index (χ1v) is 7.97. The molecule has 27 heavy (non-hydrogen) atoms. The normalized spacial score (nSPS) is 11.0. The third-order valence-corrected chi connectivity index (χ3v) is 4.04. The highest BCUT2D eigenvalue weighted by Crippen LogP contribution is 2.21. The van der Waals surface area contributed by atoms with E-state index in [9.17, 15) is 19.1 Å². The average Bonchev–Trinajstić information content (AvgIpc) is 3.13. The highest BCUT2D eigenvalue weighted by Gasteiger charge is 2.17. The number of oxazole rings is 1. The summed E-state index contributed by atoms with van der Waals surface area (Å²) in [5, 5.41) is 13.9. The van der Waals surface area contributed by atoms with Gasteiger partial charge in [-0.2, -0.15) is 5.10 Å². The van der Waals surface area contributed by atoms with E-state index in [1.165, 1.54) is 24.4 Å². The zero-order valence-electron chi connectivity index (χ0n) is 13.8.